The molecule has 1 aliphatic carbocycles. The standard InChI is InChI=1S/C45H35N3O/c1-27-24-30-11-5-6-13-32(30)26-38(27)43-46-44(33-19-18-28-10-3-4-12-31(28)25-33)48(2)45(47-43)36-16-9-15-35-34(36)22-20-29-21-23-40-42(41(29)35)37-14-7-8-17-39(37)49-40/h3-27,38,44-45H,1-2H3,(H,46,47)/p+1. The third-order valence-corrected chi connectivity index (χ3v) is 10.9. The van der Waals surface area contributed by atoms with Crippen LogP contribution in [0.2, 0.25) is 0 Å². The van der Waals surface area contributed by atoms with Crippen molar-refractivity contribution in [3.05, 3.63) is 155 Å². The first kappa shape index (κ1) is 28.5. The van der Waals surface area contributed by atoms with Crippen molar-refractivity contribution < 1.29 is 9.73 Å². The zero-order chi connectivity index (χ0) is 32.6. The third-order valence-electron chi connectivity index (χ3n) is 10.9. The summed E-state index contributed by atoms with van der Waals surface area (Å²) in [6.45, 7) is 2.33. The predicted molar refractivity (Wildman–Crippen MR) is 203 cm³/mol. The van der Waals surface area contributed by atoms with Crippen molar-refractivity contribution in [2.24, 2.45) is 16.8 Å². The van der Waals surface area contributed by atoms with Crippen molar-refractivity contribution in [2.75, 3.05) is 7.05 Å². The normalized spacial score (nSPS) is 21.1. The first-order valence-electron chi connectivity index (χ1n) is 17.3. The number of nitrogens with two attached hydrogens (primary N) is 1. The topological polar surface area (TPSA) is 45.4 Å². The number of aliphatic imine (C=N–C) groups is 1. The van der Waals surface area contributed by atoms with Crippen LogP contribution in [-0.4, -0.2) is 17.8 Å². The van der Waals surface area contributed by atoms with E-state index in [4.69, 9.17) is 9.41 Å². The van der Waals surface area contributed by atoms with Gasteiger partial charge in [-0.3, -0.25) is 5.32 Å². The second kappa shape index (κ2) is 11.0. The number of para-hydroxylation sites is 1. The van der Waals surface area contributed by atoms with Crippen LogP contribution in [0.15, 0.2) is 143 Å². The summed E-state index contributed by atoms with van der Waals surface area (Å²) in [6, 6.07) is 48.3. The lowest BCUT2D eigenvalue weighted by Crippen LogP contribution is -2.94. The Bertz CT molecular complexity index is 2780. The minimum absolute atomic E-state index is 0.0557. The monoisotopic (exact) mass is 634 g/mol. The zero-order valence-corrected chi connectivity index (χ0v) is 27.5. The smallest absolute Gasteiger partial charge is 0.206 e. The molecule has 10 rings (SSSR count). The van der Waals surface area contributed by atoms with Gasteiger partial charge in [-0.05, 0) is 74.1 Å². The van der Waals surface area contributed by atoms with E-state index in [1.54, 1.807) is 0 Å². The minimum atomic E-state index is -0.171. The summed E-state index contributed by atoms with van der Waals surface area (Å²) in [6.07, 6.45) is 4.74. The SMILES string of the molecule is CC1C=c2ccccc2=CC1C1=NC(c2cccc3c2ccc2ccc4oc5ccccc5c4c23)N(C)C(c2ccc3ccccc3c2)[NH2+]1. The summed E-state index contributed by atoms with van der Waals surface area (Å²) in [5.74, 6) is 1.66. The van der Waals surface area contributed by atoms with Crippen LogP contribution in [-0.2, 0) is 0 Å². The number of fused-ring (bicyclic) bond motifs is 9. The third kappa shape index (κ3) is 4.48. The molecule has 2 aliphatic rings. The average Bonchev–Trinajstić information content (AvgIpc) is 3.53. The van der Waals surface area contributed by atoms with Crippen molar-refractivity contribution in [1.82, 2.24) is 4.90 Å². The van der Waals surface area contributed by atoms with Crippen LogP contribution in [0.4, 0.5) is 0 Å². The molecule has 7 aromatic carbocycles. The number of benzene rings is 7. The molecule has 0 saturated heterocycles. The fourth-order valence-corrected chi connectivity index (χ4v) is 8.46. The summed E-state index contributed by atoms with van der Waals surface area (Å²) >= 11 is 0. The Morgan fingerprint density at radius 2 is 1.35 bits per heavy atom. The molecule has 4 heteroatoms. The molecule has 0 amide bonds. The van der Waals surface area contributed by atoms with Crippen LogP contribution in [0, 0.1) is 11.8 Å². The van der Waals surface area contributed by atoms with E-state index in [0.29, 0.717) is 5.92 Å². The Kier molecular flexibility index (Phi) is 6.39. The van der Waals surface area contributed by atoms with Crippen LogP contribution in [0.1, 0.15) is 30.4 Å². The van der Waals surface area contributed by atoms with E-state index in [2.05, 4.69) is 164 Å². The molecular formula is C45H36N3O+. The summed E-state index contributed by atoms with van der Waals surface area (Å²) in [5.41, 5.74) is 4.34. The summed E-state index contributed by atoms with van der Waals surface area (Å²) in [4.78, 5) is 8.12. The number of rotatable bonds is 3. The number of quaternary nitrogens is 1. The van der Waals surface area contributed by atoms with E-state index in [1.165, 1.54) is 59.3 Å². The number of hydrogen-bond acceptors (Lipinski definition) is 3. The first-order valence-corrected chi connectivity index (χ1v) is 17.3. The highest BCUT2D eigenvalue weighted by Crippen LogP contribution is 2.41. The fraction of sp³-hybridized carbons (Fsp3) is 0.133. The highest BCUT2D eigenvalue weighted by Gasteiger charge is 2.39. The molecule has 2 heterocycles. The van der Waals surface area contributed by atoms with Gasteiger partial charge in [-0.15, -0.1) is 0 Å². The summed E-state index contributed by atoms with van der Waals surface area (Å²) < 4.78 is 6.34. The molecule has 0 fully saturated rings. The van der Waals surface area contributed by atoms with Gasteiger partial charge < -0.3 is 4.42 Å². The largest absolute Gasteiger partial charge is 0.456 e. The van der Waals surface area contributed by atoms with Gasteiger partial charge in [0.25, 0.3) is 0 Å². The molecule has 0 bridgehead atoms. The van der Waals surface area contributed by atoms with Crippen LogP contribution < -0.4 is 15.8 Å². The second-order valence-electron chi connectivity index (χ2n) is 13.8. The molecule has 8 aromatic rings. The van der Waals surface area contributed by atoms with Gasteiger partial charge in [0.2, 0.25) is 5.84 Å². The maximum absolute atomic E-state index is 6.34. The number of hydrogen-bond donors (Lipinski definition) is 1. The maximum Gasteiger partial charge on any atom is 0.206 e. The number of nitrogens with zero attached hydrogens (tertiary/aromatic N) is 2. The average molecular weight is 635 g/mol. The van der Waals surface area contributed by atoms with Crippen molar-refractivity contribution >= 4 is 72.2 Å². The molecule has 1 aliphatic heterocycles. The van der Waals surface area contributed by atoms with Crippen molar-refractivity contribution in [3.8, 4) is 0 Å². The molecule has 2 N–H and O–H groups in total. The Labute approximate surface area is 284 Å². The van der Waals surface area contributed by atoms with E-state index in [0.717, 1.165) is 22.4 Å². The molecule has 4 atom stereocenters. The molecule has 0 saturated carbocycles. The van der Waals surface area contributed by atoms with Gasteiger partial charge >= 0.3 is 0 Å². The van der Waals surface area contributed by atoms with Gasteiger partial charge in [0.15, 0.2) is 6.17 Å². The molecular weight excluding hydrogens is 599 g/mol. The summed E-state index contributed by atoms with van der Waals surface area (Å²) in [7, 11) is 2.23. The predicted octanol–water partition coefficient (Wildman–Crippen LogP) is 8.18. The van der Waals surface area contributed by atoms with Crippen molar-refractivity contribution in [2.45, 2.75) is 19.3 Å². The Morgan fingerprint density at radius 3 is 2.24 bits per heavy atom. The van der Waals surface area contributed by atoms with Gasteiger partial charge in [0.05, 0.1) is 5.92 Å². The molecule has 4 nitrogen and oxygen atoms in total. The maximum atomic E-state index is 6.34. The van der Waals surface area contributed by atoms with Crippen molar-refractivity contribution in [1.29, 1.82) is 0 Å². The lowest BCUT2D eigenvalue weighted by atomic mass is 9.86. The minimum Gasteiger partial charge on any atom is -0.456 e. The first-order chi connectivity index (χ1) is 24.1. The molecule has 49 heavy (non-hydrogen) atoms. The lowest BCUT2D eigenvalue weighted by molar-refractivity contribution is -0.626. The quantitative estimate of drug-likeness (QED) is 0.199. The molecule has 0 spiro atoms. The Hall–Kier alpha value is -5.55. The Balaban J connectivity index is 1.19. The van der Waals surface area contributed by atoms with Gasteiger partial charge in [-0.1, -0.05) is 134 Å². The van der Waals surface area contributed by atoms with Crippen LogP contribution in [0.3, 0.4) is 0 Å². The van der Waals surface area contributed by atoms with E-state index >= 15 is 0 Å². The molecule has 0 radical (unpaired) electrons. The van der Waals surface area contributed by atoms with E-state index < -0.39 is 0 Å². The van der Waals surface area contributed by atoms with Gasteiger partial charge in [0.1, 0.15) is 17.3 Å². The fourth-order valence-electron chi connectivity index (χ4n) is 8.46. The number of amidine groups is 1. The van der Waals surface area contributed by atoms with Crippen LogP contribution in [0.25, 0.3) is 66.4 Å². The molecule has 236 valence electrons. The van der Waals surface area contributed by atoms with Gasteiger partial charge in [-0.25, -0.2) is 9.89 Å². The van der Waals surface area contributed by atoms with Crippen LogP contribution >= 0.6 is 0 Å². The van der Waals surface area contributed by atoms with Gasteiger partial charge in [0, 0.05) is 21.7 Å². The van der Waals surface area contributed by atoms with Crippen LogP contribution in [0.5, 0.6) is 0 Å². The lowest BCUT2D eigenvalue weighted by Gasteiger charge is -2.38. The van der Waals surface area contributed by atoms with E-state index in [1.807, 2.05) is 6.07 Å². The summed E-state index contributed by atoms with van der Waals surface area (Å²) in [5, 5.41) is 14.8. The van der Waals surface area contributed by atoms with Crippen molar-refractivity contribution in [3.63, 3.8) is 0 Å². The van der Waals surface area contributed by atoms with Gasteiger partial charge in [-0.2, -0.15) is 0 Å². The molecule has 1 aromatic heterocycles. The number of furan rings is 1. The van der Waals surface area contributed by atoms with E-state index in [-0.39, 0.29) is 18.2 Å². The highest BCUT2D eigenvalue weighted by atomic mass is 16.3. The Morgan fingerprint density at radius 1 is 0.612 bits per heavy atom. The zero-order valence-electron chi connectivity index (χ0n) is 27.5. The van der Waals surface area contributed by atoms with E-state index in [9.17, 15) is 0 Å². The molecule has 4 unspecified atom stereocenters. The second-order valence-corrected chi connectivity index (χ2v) is 13.8. The highest BCUT2D eigenvalue weighted by molar-refractivity contribution is 6.26.